The van der Waals surface area contributed by atoms with Gasteiger partial charge in [0.2, 0.25) is 5.91 Å². The van der Waals surface area contributed by atoms with E-state index in [0.717, 1.165) is 12.8 Å². The standard InChI is InChI=1S/C22H25ClFN3O3/c1-3-15(4-2)25-22(29)20-12-27(18-7-5-6-8-19(18)30-20)13-21(28)26-17-11-14(23)9-10-16(17)24/h5-11,15,20H,3-4,12-13H2,1-2H3,(H,25,29)(H,26,28). The van der Waals surface area contributed by atoms with Crippen molar-refractivity contribution in [1.82, 2.24) is 5.32 Å². The molecule has 1 unspecified atom stereocenters. The lowest BCUT2D eigenvalue weighted by Crippen LogP contribution is -2.52. The monoisotopic (exact) mass is 433 g/mol. The highest BCUT2D eigenvalue weighted by Gasteiger charge is 2.32. The molecule has 2 amide bonds. The summed E-state index contributed by atoms with van der Waals surface area (Å²) in [5, 5.41) is 5.85. The molecular weight excluding hydrogens is 409 g/mol. The van der Waals surface area contributed by atoms with Gasteiger partial charge in [0.25, 0.3) is 5.91 Å². The van der Waals surface area contributed by atoms with E-state index in [2.05, 4.69) is 10.6 Å². The number of anilines is 2. The Bertz CT molecular complexity index is 920. The largest absolute Gasteiger partial charge is 0.477 e. The number of carbonyl (C=O) groups is 2. The van der Waals surface area contributed by atoms with Gasteiger partial charge in [0, 0.05) is 11.1 Å². The third-order valence-corrected chi connectivity index (χ3v) is 5.26. The second-order valence-corrected chi connectivity index (χ2v) is 7.59. The number of carbonyl (C=O) groups excluding carboxylic acids is 2. The SMILES string of the molecule is CCC(CC)NC(=O)C1CN(CC(=O)Nc2cc(Cl)ccc2F)c2ccccc2O1. The molecule has 1 heterocycles. The van der Waals surface area contributed by atoms with E-state index in [9.17, 15) is 14.0 Å². The van der Waals surface area contributed by atoms with Gasteiger partial charge in [-0.05, 0) is 43.2 Å². The third-order valence-electron chi connectivity index (χ3n) is 5.02. The molecule has 1 atom stereocenters. The van der Waals surface area contributed by atoms with Crippen LogP contribution in [-0.4, -0.2) is 37.0 Å². The molecule has 0 aliphatic carbocycles. The Kier molecular flexibility index (Phi) is 7.15. The smallest absolute Gasteiger partial charge is 0.263 e. The predicted molar refractivity (Wildman–Crippen MR) is 116 cm³/mol. The Labute approximate surface area is 180 Å². The maximum Gasteiger partial charge on any atom is 0.263 e. The fourth-order valence-electron chi connectivity index (χ4n) is 3.34. The molecule has 0 fully saturated rings. The van der Waals surface area contributed by atoms with Gasteiger partial charge in [0.1, 0.15) is 11.6 Å². The summed E-state index contributed by atoms with van der Waals surface area (Å²) in [6.45, 7) is 4.16. The van der Waals surface area contributed by atoms with Crippen molar-refractivity contribution < 1.29 is 18.7 Å². The maximum atomic E-state index is 13.9. The molecule has 2 aromatic carbocycles. The molecule has 3 rings (SSSR count). The van der Waals surface area contributed by atoms with E-state index in [1.165, 1.54) is 18.2 Å². The zero-order chi connectivity index (χ0) is 21.7. The Balaban J connectivity index is 1.74. The normalized spacial score (nSPS) is 15.4. The molecule has 2 aromatic rings. The fourth-order valence-corrected chi connectivity index (χ4v) is 3.51. The molecule has 6 nitrogen and oxygen atoms in total. The molecule has 30 heavy (non-hydrogen) atoms. The number of hydrogen-bond acceptors (Lipinski definition) is 4. The molecule has 0 radical (unpaired) electrons. The summed E-state index contributed by atoms with van der Waals surface area (Å²) in [4.78, 5) is 27.1. The summed E-state index contributed by atoms with van der Waals surface area (Å²) < 4.78 is 19.8. The minimum absolute atomic E-state index is 0.0112. The Morgan fingerprint density at radius 2 is 1.97 bits per heavy atom. The van der Waals surface area contributed by atoms with Crippen molar-refractivity contribution in [2.75, 3.05) is 23.3 Å². The highest BCUT2D eigenvalue weighted by molar-refractivity contribution is 6.30. The quantitative estimate of drug-likeness (QED) is 0.692. The van der Waals surface area contributed by atoms with Crippen LogP contribution >= 0.6 is 11.6 Å². The van der Waals surface area contributed by atoms with Crippen LogP contribution in [0.1, 0.15) is 26.7 Å². The van der Waals surface area contributed by atoms with Crippen LogP contribution < -0.4 is 20.3 Å². The number of ether oxygens (including phenoxy) is 1. The van der Waals surface area contributed by atoms with Crippen LogP contribution in [0.4, 0.5) is 15.8 Å². The number of halogens is 2. The zero-order valence-corrected chi connectivity index (χ0v) is 17.7. The lowest BCUT2D eigenvalue weighted by Gasteiger charge is -2.35. The van der Waals surface area contributed by atoms with E-state index >= 15 is 0 Å². The Morgan fingerprint density at radius 1 is 1.23 bits per heavy atom. The number of amides is 2. The van der Waals surface area contributed by atoms with Crippen molar-refractivity contribution in [2.45, 2.75) is 38.8 Å². The van der Waals surface area contributed by atoms with Crippen molar-refractivity contribution in [3.05, 3.63) is 53.3 Å². The van der Waals surface area contributed by atoms with E-state index < -0.39 is 17.8 Å². The zero-order valence-electron chi connectivity index (χ0n) is 17.0. The van der Waals surface area contributed by atoms with Crippen LogP contribution in [0.25, 0.3) is 0 Å². The van der Waals surface area contributed by atoms with Crippen molar-refractivity contribution in [3.8, 4) is 5.75 Å². The molecule has 0 saturated carbocycles. The highest BCUT2D eigenvalue weighted by Crippen LogP contribution is 2.33. The Morgan fingerprint density at radius 3 is 2.70 bits per heavy atom. The molecule has 2 N–H and O–H groups in total. The van der Waals surface area contributed by atoms with Crippen LogP contribution in [0.3, 0.4) is 0 Å². The molecule has 160 valence electrons. The minimum Gasteiger partial charge on any atom is -0.477 e. The van der Waals surface area contributed by atoms with Gasteiger partial charge in [-0.25, -0.2) is 4.39 Å². The first kappa shape index (κ1) is 21.9. The van der Waals surface area contributed by atoms with Gasteiger partial charge < -0.3 is 20.3 Å². The van der Waals surface area contributed by atoms with E-state index in [-0.39, 0.29) is 30.7 Å². The van der Waals surface area contributed by atoms with Crippen LogP contribution in [0.2, 0.25) is 5.02 Å². The average molecular weight is 434 g/mol. The van der Waals surface area contributed by atoms with Crippen molar-refractivity contribution in [3.63, 3.8) is 0 Å². The van der Waals surface area contributed by atoms with E-state index in [1.54, 1.807) is 17.0 Å². The van der Waals surface area contributed by atoms with Gasteiger partial charge in [-0.2, -0.15) is 0 Å². The second-order valence-electron chi connectivity index (χ2n) is 7.15. The summed E-state index contributed by atoms with van der Waals surface area (Å²) in [6.07, 6.45) is 0.891. The first-order valence-electron chi connectivity index (χ1n) is 9.97. The minimum atomic E-state index is -0.754. The topological polar surface area (TPSA) is 70.7 Å². The predicted octanol–water partition coefficient (Wildman–Crippen LogP) is 3.99. The van der Waals surface area contributed by atoms with Crippen LogP contribution in [0.5, 0.6) is 5.75 Å². The molecular formula is C22H25ClFN3O3. The van der Waals surface area contributed by atoms with Crippen molar-refractivity contribution >= 4 is 34.8 Å². The number of hydrogen-bond donors (Lipinski definition) is 2. The number of benzene rings is 2. The van der Waals surface area contributed by atoms with Crippen molar-refractivity contribution in [2.24, 2.45) is 0 Å². The molecule has 0 aromatic heterocycles. The van der Waals surface area contributed by atoms with Crippen LogP contribution in [0.15, 0.2) is 42.5 Å². The van der Waals surface area contributed by atoms with Gasteiger partial charge >= 0.3 is 0 Å². The highest BCUT2D eigenvalue weighted by atomic mass is 35.5. The number of fused-ring (bicyclic) bond motifs is 1. The van der Waals surface area contributed by atoms with Gasteiger partial charge in [0.05, 0.1) is 24.5 Å². The van der Waals surface area contributed by atoms with Crippen molar-refractivity contribution in [1.29, 1.82) is 0 Å². The molecule has 0 bridgehead atoms. The van der Waals surface area contributed by atoms with Gasteiger partial charge in [-0.3, -0.25) is 9.59 Å². The Hall–Kier alpha value is -2.80. The maximum absolute atomic E-state index is 13.9. The van der Waals surface area contributed by atoms with Gasteiger partial charge in [-0.1, -0.05) is 37.6 Å². The van der Waals surface area contributed by atoms with E-state index in [4.69, 9.17) is 16.3 Å². The number of rotatable bonds is 7. The summed E-state index contributed by atoms with van der Waals surface area (Å²) in [5.41, 5.74) is 0.711. The summed E-state index contributed by atoms with van der Waals surface area (Å²) in [7, 11) is 0. The molecule has 8 heteroatoms. The van der Waals surface area contributed by atoms with Crippen LogP contribution in [0, 0.1) is 5.82 Å². The summed E-state index contributed by atoms with van der Waals surface area (Å²) >= 11 is 5.89. The molecule has 1 aliphatic rings. The average Bonchev–Trinajstić information content (AvgIpc) is 2.74. The number of para-hydroxylation sites is 2. The molecule has 1 aliphatic heterocycles. The fraction of sp³-hybridized carbons (Fsp3) is 0.364. The lowest BCUT2D eigenvalue weighted by molar-refractivity contribution is -0.129. The number of nitrogens with one attached hydrogen (secondary N) is 2. The van der Waals surface area contributed by atoms with Gasteiger partial charge in [-0.15, -0.1) is 0 Å². The van der Waals surface area contributed by atoms with E-state index in [1.807, 2.05) is 26.0 Å². The number of nitrogens with zero attached hydrogens (tertiary/aromatic N) is 1. The lowest BCUT2D eigenvalue weighted by atomic mass is 10.1. The van der Waals surface area contributed by atoms with Crippen LogP contribution in [-0.2, 0) is 9.59 Å². The first-order chi connectivity index (χ1) is 14.4. The molecule has 0 spiro atoms. The summed E-state index contributed by atoms with van der Waals surface area (Å²) in [5.74, 6) is -0.691. The first-order valence-corrected chi connectivity index (χ1v) is 10.3. The van der Waals surface area contributed by atoms with Gasteiger partial charge in [0.15, 0.2) is 6.10 Å². The van der Waals surface area contributed by atoms with E-state index in [0.29, 0.717) is 16.5 Å². The third kappa shape index (κ3) is 5.21. The second kappa shape index (κ2) is 9.80. The molecule has 0 saturated heterocycles. The summed E-state index contributed by atoms with van der Waals surface area (Å²) in [6, 6.07) is 11.2.